The number of hydrogen-bond acceptors (Lipinski definition) is 4. The molecule has 4 heteroatoms. The molecule has 0 spiro atoms. The van der Waals surface area contributed by atoms with E-state index in [-0.39, 0.29) is 5.75 Å². The molecule has 0 aliphatic carbocycles. The maximum Gasteiger partial charge on any atom is 0.128 e. The molecule has 4 aromatic carbocycles. The number of para-hydroxylation sites is 2. The molecule has 0 aliphatic rings. The maximum absolute atomic E-state index is 10.4. The van der Waals surface area contributed by atoms with Crippen molar-refractivity contribution in [2.75, 3.05) is 0 Å². The van der Waals surface area contributed by atoms with E-state index in [0.29, 0.717) is 0 Å². The minimum atomic E-state index is -0.421. The lowest BCUT2D eigenvalue weighted by atomic mass is 9.73. The Morgan fingerprint density at radius 2 is 1.42 bits per heavy atom. The molecule has 0 aliphatic heterocycles. The number of benzene rings is 4. The van der Waals surface area contributed by atoms with Crippen LogP contribution in [0.5, 0.6) is 5.75 Å². The Morgan fingerprint density at radius 1 is 0.694 bits per heavy atom. The Balaban J connectivity index is 1.52. The van der Waals surface area contributed by atoms with Gasteiger partial charge in [0.15, 0.2) is 0 Å². The van der Waals surface area contributed by atoms with Crippen molar-refractivity contribution in [3.63, 3.8) is 0 Å². The van der Waals surface area contributed by atoms with Gasteiger partial charge in [-0.15, -0.1) is 11.3 Å². The summed E-state index contributed by atoms with van der Waals surface area (Å²) in [5.74, 6) is 0.245. The Morgan fingerprint density at radius 3 is 2.22 bits per heavy atom. The first-order valence-corrected chi connectivity index (χ1v) is 12.7. The van der Waals surface area contributed by atoms with E-state index in [4.69, 9.17) is 9.97 Å². The number of nitrogens with zero attached hydrogens (tertiary/aromatic N) is 2. The van der Waals surface area contributed by atoms with Crippen LogP contribution in [0.4, 0.5) is 0 Å². The zero-order valence-corrected chi connectivity index (χ0v) is 20.6. The van der Waals surface area contributed by atoms with Gasteiger partial charge in [0.05, 0.1) is 26.9 Å². The summed E-state index contributed by atoms with van der Waals surface area (Å²) in [6, 6.07) is 39.0. The Kier molecular flexibility index (Phi) is 5.59. The average molecular weight is 485 g/mol. The van der Waals surface area contributed by atoms with Gasteiger partial charge < -0.3 is 5.11 Å². The minimum absolute atomic E-state index is 0.245. The van der Waals surface area contributed by atoms with Crippen LogP contribution >= 0.6 is 11.3 Å². The smallest absolute Gasteiger partial charge is 0.128 e. The van der Waals surface area contributed by atoms with Crippen LogP contribution in [-0.4, -0.2) is 15.1 Å². The molecular formula is C32H24N2OS. The molecule has 36 heavy (non-hydrogen) atoms. The summed E-state index contributed by atoms with van der Waals surface area (Å²) in [5.41, 5.74) is 6.81. The van der Waals surface area contributed by atoms with E-state index in [9.17, 15) is 5.11 Å². The van der Waals surface area contributed by atoms with Gasteiger partial charge in [0.1, 0.15) is 10.8 Å². The van der Waals surface area contributed by atoms with Crippen LogP contribution in [0.25, 0.3) is 31.9 Å². The van der Waals surface area contributed by atoms with Gasteiger partial charge in [-0.1, -0.05) is 78.9 Å². The first-order valence-electron chi connectivity index (χ1n) is 11.9. The zero-order valence-electron chi connectivity index (χ0n) is 19.8. The van der Waals surface area contributed by atoms with Gasteiger partial charge in [0, 0.05) is 11.8 Å². The van der Waals surface area contributed by atoms with Crippen LogP contribution < -0.4 is 0 Å². The maximum atomic E-state index is 10.4. The molecule has 174 valence electrons. The van der Waals surface area contributed by atoms with Gasteiger partial charge in [-0.05, 0) is 60.0 Å². The highest BCUT2D eigenvalue weighted by Crippen LogP contribution is 2.41. The molecule has 1 atom stereocenters. The van der Waals surface area contributed by atoms with E-state index in [1.54, 1.807) is 17.4 Å². The van der Waals surface area contributed by atoms with Crippen LogP contribution in [0, 0.1) is 0 Å². The van der Waals surface area contributed by atoms with E-state index >= 15 is 0 Å². The van der Waals surface area contributed by atoms with Gasteiger partial charge in [0.25, 0.3) is 0 Å². The third-order valence-electron chi connectivity index (χ3n) is 6.83. The summed E-state index contributed by atoms with van der Waals surface area (Å²) in [7, 11) is 0. The van der Waals surface area contributed by atoms with Crippen molar-refractivity contribution in [2.45, 2.75) is 12.3 Å². The predicted octanol–water partition coefficient (Wildman–Crippen LogP) is 8.09. The summed E-state index contributed by atoms with van der Waals surface area (Å²) >= 11 is 1.60. The van der Waals surface area contributed by atoms with Gasteiger partial charge in [0.2, 0.25) is 0 Å². The molecule has 0 amide bonds. The highest BCUT2D eigenvalue weighted by molar-refractivity contribution is 7.21. The molecule has 0 bridgehead atoms. The van der Waals surface area contributed by atoms with E-state index in [0.717, 1.165) is 43.2 Å². The van der Waals surface area contributed by atoms with Crippen molar-refractivity contribution in [3.05, 3.63) is 138 Å². The second kappa shape index (κ2) is 9.06. The molecule has 6 rings (SSSR count). The lowest BCUT2D eigenvalue weighted by Gasteiger charge is -2.31. The van der Waals surface area contributed by atoms with Crippen LogP contribution in [-0.2, 0) is 5.41 Å². The van der Waals surface area contributed by atoms with Crippen LogP contribution in [0.3, 0.4) is 0 Å². The molecule has 6 aromatic rings. The number of thiazole rings is 1. The van der Waals surface area contributed by atoms with E-state index in [1.807, 2.05) is 42.6 Å². The summed E-state index contributed by atoms with van der Waals surface area (Å²) in [5, 5.41) is 11.2. The monoisotopic (exact) mass is 484 g/mol. The average Bonchev–Trinajstić information content (AvgIpc) is 3.38. The number of aromatic nitrogens is 2. The molecule has 0 fully saturated rings. The Labute approximate surface area is 214 Å². The van der Waals surface area contributed by atoms with Crippen molar-refractivity contribution in [1.29, 1.82) is 0 Å². The number of aromatic hydroxyl groups is 1. The largest absolute Gasteiger partial charge is 0.507 e. The molecular weight excluding hydrogens is 460 g/mol. The molecule has 1 unspecified atom stereocenters. The number of rotatable bonds is 5. The van der Waals surface area contributed by atoms with E-state index in [2.05, 4.69) is 79.7 Å². The quantitative estimate of drug-likeness (QED) is 0.269. The van der Waals surface area contributed by atoms with Crippen molar-refractivity contribution >= 4 is 21.6 Å². The molecule has 0 saturated carbocycles. The van der Waals surface area contributed by atoms with E-state index < -0.39 is 5.41 Å². The molecule has 2 heterocycles. The van der Waals surface area contributed by atoms with Gasteiger partial charge in [-0.25, -0.2) is 4.98 Å². The Hall–Kier alpha value is -4.28. The van der Waals surface area contributed by atoms with E-state index in [1.165, 1.54) is 5.56 Å². The predicted molar refractivity (Wildman–Crippen MR) is 148 cm³/mol. The minimum Gasteiger partial charge on any atom is -0.507 e. The standard InChI is InChI=1S/C32H24N2OS/c1-32(23-12-3-2-4-13-23,29-19-7-8-20-33-29)24-14-9-11-22(21-24)25-16-10-18-28-30(25)34-31(36-28)26-15-5-6-17-27(26)35/h2-21,35H,1H3. The SMILES string of the molecule is CC(c1ccccc1)(c1cccc(-c2cccc3sc(-c4ccccc4O)nc23)c1)c1ccccn1. The highest BCUT2D eigenvalue weighted by atomic mass is 32.1. The first kappa shape index (κ1) is 22.2. The second-order valence-corrected chi connectivity index (χ2v) is 10.0. The third kappa shape index (κ3) is 3.76. The Bertz CT molecular complexity index is 1620. The fourth-order valence-electron chi connectivity index (χ4n) is 4.84. The number of hydrogen-bond donors (Lipinski definition) is 1. The summed E-state index contributed by atoms with van der Waals surface area (Å²) in [6.07, 6.45) is 1.86. The summed E-state index contributed by atoms with van der Waals surface area (Å²) in [6.45, 7) is 2.24. The van der Waals surface area contributed by atoms with Crippen molar-refractivity contribution in [3.8, 4) is 27.4 Å². The number of phenols is 1. The highest BCUT2D eigenvalue weighted by Gasteiger charge is 2.32. The second-order valence-electron chi connectivity index (χ2n) is 8.98. The molecule has 2 aromatic heterocycles. The van der Waals surface area contributed by atoms with Crippen molar-refractivity contribution < 1.29 is 5.11 Å². The molecule has 3 nitrogen and oxygen atoms in total. The fourth-order valence-corrected chi connectivity index (χ4v) is 5.87. The fraction of sp³-hybridized carbons (Fsp3) is 0.0625. The normalized spacial score (nSPS) is 12.9. The lowest BCUT2D eigenvalue weighted by Crippen LogP contribution is -2.26. The van der Waals surface area contributed by atoms with Gasteiger partial charge >= 0.3 is 0 Å². The first-order chi connectivity index (χ1) is 17.6. The van der Waals surface area contributed by atoms with Crippen molar-refractivity contribution in [2.24, 2.45) is 0 Å². The lowest BCUT2D eigenvalue weighted by molar-refractivity contribution is 0.477. The number of pyridine rings is 1. The third-order valence-corrected chi connectivity index (χ3v) is 7.89. The number of phenolic OH excluding ortho intramolecular Hbond substituents is 1. The van der Waals surface area contributed by atoms with Crippen LogP contribution in [0.2, 0.25) is 0 Å². The molecule has 1 N–H and O–H groups in total. The van der Waals surface area contributed by atoms with Gasteiger partial charge in [-0.2, -0.15) is 0 Å². The number of fused-ring (bicyclic) bond motifs is 1. The van der Waals surface area contributed by atoms with Gasteiger partial charge in [-0.3, -0.25) is 4.98 Å². The van der Waals surface area contributed by atoms with Crippen molar-refractivity contribution in [1.82, 2.24) is 9.97 Å². The summed E-state index contributed by atoms with van der Waals surface area (Å²) in [4.78, 5) is 9.74. The zero-order chi connectivity index (χ0) is 24.5. The summed E-state index contributed by atoms with van der Waals surface area (Å²) < 4.78 is 1.09. The van der Waals surface area contributed by atoms with Crippen LogP contribution in [0.15, 0.2) is 121 Å². The van der Waals surface area contributed by atoms with Crippen LogP contribution in [0.1, 0.15) is 23.7 Å². The molecule has 0 saturated heterocycles. The molecule has 0 radical (unpaired) electrons. The topological polar surface area (TPSA) is 46.0 Å².